The summed E-state index contributed by atoms with van der Waals surface area (Å²) in [7, 11) is 1.62. The summed E-state index contributed by atoms with van der Waals surface area (Å²) >= 11 is 6.30. The molecule has 1 aromatic carbocycles. The molecule has 1 heterocycles. The van der Waals surface area contributed by atoms with Gasteiger partial charge in [0.15, 0.2) is 0 Å². The lowest BCUT2D eigenvalue weighted by Crippen LogP contribution is -2.44. The average molecular weight is 378 g/mol. The number of carboxylic acid groups (broad SMARTS) is 1. The van der Waals surface area contributed by atoms with Crippen molar-refractivity contribution in [3.8, 4) is 0 Å². The van der Waals surface area contributed by atoms with Gasteiger partial charge in [0.1, 0.15) is 10.4 Å². The predicted octanol–water partition coefficient (Wildman–Crippen LogP) is 2.36. The summed E-state index contributed by atoms with van der Waals surface area (Å²) in [6.45, 7) is 3.46. The van der Waals surface area contributed by atoms with Crippen LogP contribution in [-0.4, -0.2) is 45.2 Å². The molecule has 25 heavy (non-hydrogen) atoms. The minimum absolute atomic E-state index is 0.155. The molecule has 1 aliphatic rings. The zero-order valence-electron chi connectivity index (χ0n) is 14.0. The first-order valence-corrected chi connectivity index (χ1v) is 8.78. The molecule has 0 saturated carbocycles. The van der Waals surface area contributed by atoms with Crippen LogP contribution in [0.15, 0.2) is 29.2 Å². The number of thioether (sulfide) groups is 1. The molecule has 1 aliphatic heterocycles. The number of aliphatic carboxylic acids is 1. The molecule has 8 heteroatoms. The quantitative estimate of drug-likeness (QED) is 0.604. The number of likely N-dealkylation sites (N-methyl/N-ethyl adjacent to an activating group) is 1. The Bertz CT molecular complexity index is 756. The minimum atomic E-state index is -1.07. The van der Waals surface area contributed by atoms with Gasteiger partial charge in [-0.2, -0.15) is 0 Å². The summed E-state index contributed by atoms with van der Waals surface area (Å²) in [5, 5.41) is 11.6. The van der Waals surface area contributed by atoms with Crippen molar-refractivity contribution in [2.24, 2.45) is 5.92 Å². The number of nitrogens with zero attached hydrogens (tertiary/aromatic N) is 1. The zero-order chi connectivity index (χ0) is 18.7. The number of hydrogen-bond donors (Lipinski definition) is 2. The Balaban J connectivity index is 2.12. The van der Waals surface area contributed by atoms with Gasteiger partial charge >= 0.3 is 5.97 Å². The lowest BCUT2D eigenvalue weighted by atomic mass is 10.0. The highest BCUT2D eigenvalue weighted by atomic mass is 32.2. The molecular weight excluding hydrogens is 360 g/mol. The molecule has 1 unspecified atom stereocenters. The normalized spacial score (nSPS) is 17.3. The number of carbonyl (C=O) groups excluding carboxylic acids is 2. The fourth-order valence-electron chi connectivity index (χ4n) is 2.17. The van der Waals surface area contributed by atoms with E-state index < -0.39 is 17.9 Å². The van der Waals surface area contributed by atoms with E-state index in [4.69, 9.17) is 17.3 Å². The van der Waals surface area contributed by atoms with Gasteiger partial charge in [-0.25, -0.2) is 4.79 Å². The van der Waals surface area contributed by atoms with Crippen molar-refractivity contribution in [2.75, 3.05) is 7.05 Å². The van der Waals surface area contributed by atoms with Crippen LogP contribution in [-0.2, 0) is 9.59 Å². The third kappa shape index (κ3) is 4.46. The molecule has 1 saturated heterocycles. The number of amides is 2. The molecule has 6 nitrogen and oxygen atoms in total. The van der Waals surface area contributed by atoms with Crippen LogP contribution in [0.25, 0.3) is 6.08 Å². The van der Waals surface area contributed by atoms with Gasteiger partial charge in [-0.05, 0) is 29.7 Å². The molecule has 0 bridgehead atoms. The van der Waals surface area contributed by atoms with E-state index in [9.17, 15) is 14.4 Å². The van der Waals surface area contributed by atoms with E-state index in [0.717, 1.165) is 5.56 Å². The number of carbonyl (C=O) groups is 3. The summed E-state index contributed by atoms with van der Waals surface area (Å²) in [5.74, 6) is -1.90. The summed E-state index contributed by atoms with van der Waals surface area (Å²) in [6.07, 6.45) is 1.71. The molecule has 2 rings (SSSR count). The van der Waals surface area contributed by atoms with Gasteiger partial charge in [0.05, 0.1) is 4.91 Å². The molecule has 2 amide bonds. The second-order valence-electron chi connectivity index (χ2n) is 5.90. The van der Waals surface area contributed by atoms with Crippen molar-refractivity contribution < 1.29 is 19.5 Å². The van der Waals surface area contributed by atoms with Crippen molar-refractivity contribution in [1.82, 2.24) is 10.2 Å². The molecule has 0 aliphatic carbocycles. The molecule has 1 fully saturated rings. The van der Waals surface area contributed by atoms with Crippen molar-refractivity contribution in [1.29, 1.82) is 0 Å². The fourth-order valence-corrected chi connectivity index (χ4v) is 3.35. The second-order valence-corrected chi connectivity index (χ2v) is 7.57. The highest BCUT2D eigenvalue weighted by Crippen LogP contribution is 2.31. The van der Waals surface area contributed by atoms with E-state index in [1.807, 2.05) is 0 Å². The number of benzene rings is 1. The number of hydrogen-bond acceptors (Lipinski definition) is 5. The van der Waals surface area contributed by atoms with Crippen LogP contribution < -0.4 is 5.32 Å². The molecule has 0 spiro atoms. The average Bonchev–Trinajstić information content (AvgIpc) is 2.79. The fraction of sp³-hybridized carbons (Fsp3) is 0.294. The van der Waals surface area contributed by atoms with Gasteiger partial charge in [0.2, 0.25) is 0 Å². The monoisotopic (exact) mass is 378 g/mol. The van der Waals surface area contributed by atoms with E-state index in [2.05, 4.69) is 5.32 Å². The largest absolute Gasteiger partial charge is 0.480 e. The van der Waals surface area contributed by atoms with Gasteiger partial charge < -0.3 is 10.4 Å². The van der Waals surface area contributed by atoms with Gasteiger partial charge in [-0.15, -0.1) is 0 Å². The maximum Gasteiger partial charge on any atom is 0.326 e. The van der Waals surface area contributed by atoms with Crippen LogP contribution in [0.1, 0.15) is 29.8 Å². The Hall–Kier alpha value is -2.19. The van der Waals surface area contributed by atoms with Crippen LogP contribution in [0.4, 0.5) is 0 Å². The van der Waals surface area contributed by atoms with Gasteiger partial charge in [0, 0.05) is 12.6 Å². The number of carboxylic acids is 1. The summed E-state index contributed by atoms with van der Waals surface area (Å²) in [6, 6.07) is 5.63. The highest BCUT2D eigenvalue weighted by molar-refractivity contribution is 8.26. The van der Waals surface area contributed by atoms with Gasteiger partial charge in [0.25, 0.3) is 11.8 Å². The van der Waals surface area contributed by atoms with Gasteiger partial charge in [-0.1, -0.05) is 50.0 Å². The highest BCUT2D eigenvalue weighted by Gasteiger charge is 2.28. The molecular formula is C17H18N2O4S2. The van der Waals surface area contributed by atoms with Crippen molar-refractivity contribution in [2.45, 2.75) is 19.9 Å². The summed E-state index contributed by atoms with van der Waals surface area (Å²) in [5.41, 5.74) is 1.11. The standard InChI is InChI=1S/C17H18N2O4S2/c1-9(2)13(16(22)23)18-14(20)11-6-4-10(5-7-11)8-12-15(21)19(3)17(24)25-12/h4-9,13H,1-3H3,(H,18,20)(H,22,23)/b12-8-. The zero-order valence-corrected chi connectivity index (χ0v) is 15.6. The smallest absolute Gasteiger partial charge is 0.326 e. The van der Waals surface area contributed by atoms with E-state index in [0.29, 0.717) is 14.8 Å². The number of rotatable bonds is 5. The second kappa shape index (κ2) is 7.79. The summed E-state index contributed by atoms with van der Waals surface area (Å²) < 4.78 is 0.501. The number of nitrogens with one attached hydrogen (secondary N) is 1. The Kier molecular flexibility index (Phi) is 5.97. The molecule has 2 N–H and O–H groups in total. The van der Waals surface area contributed by atoms with Crippen molar-refractivity contribution in [3.05, 3.63) is 40.3 Å². The molecule has 132 valence electrons. The van der Waals surface area contributed by atoms with Crippen LogP contribution in [0.5, 0.6) is 0 Å². The Morgan fingerprint density at radius 3 is 2.32 bits per heavy atom. The van der Waals surface area contributed by atoms with Crippen LogP contribution in [0.3, 0.4) is 0 Å². The third-order valence-electron chi connectivity index (χ3n) is 3.68. The van der Waals surface area contributed by atoms with Crippen LogP contribution in [0, 0.1) is 5.92 Å². The Morgan fingerprint density at radius 1 is 1.28 bits per heavy atom. The van der Waals surface area contributed by atoms with E-state index in [1.165, 1.54) is 16.7 Å². The van der Waals surface area contributed by atoms with Crippen molar-refractivity contribution >= 4 is 52.2 Å². The topological polar surface area (TPSA) is 86.7 Å². The Morgan fingerprint density at radius 2 is 1.88 bits per heavy atom. The molecule has 0 aromatic heterocycles. The predicted molar refractivity (Wildman–Crippen MR) is 101 cm³/mol. The lowest BCUT2D eigenvalue weighted by molar-refractivity contribution is -0.140. The van der Waals surface area contributed by atoms with Crippen LogP contribution in [0.2, 0.25) is 0 Å². The van der Waals surface area contributed by atoms with E-state index in [-0.39, 0.29) is 11.8 Å². The maximum absolute atomic E-state index is 12.2. The minimum Gasteiger partial charge on any atom is -0.480 e. The van der Waals surface area contributed by atoms with Crippen molar-refractivity contribution in [3.63, 3.8) is 0 Å². The first-order valence-electron chi connectivity index (χ1n) is 7.56. The molecule has 1 atom stereocenters. The maximum atomic E-state index is 12.2. The van der Waals surface area contributed by atoms with E-state index in [1.54, 1.807) is 51.2 Å². The van der Waals surface area contributed by atoms with Crippen LogP contribution >= 0.6 is 24.0 Å². The molecule has 0 radical (unpaired) electrons. The van der Waals surface area contributed by atoms with Gasteiger partial charge in [-0.3, -0.25) is 14.5 Å². The Labute approximate surface area is 155 Å². The summed E-state index contributed by atoms with van der Waals surface area (Å²) in [4.78, 5) is 37.3. The SMILES string of the molecule is CC(C)C(NC(=O)c1ccc(/C=C2\SC(=S)N(C)C2=O)cc1)C(=O)O. The molecule has 1 aromatic rings. The lowest BCUT2D eigenvalue weighted by Gasteiger charge is -2.17. The number of thiocarbonyl (C=S) groups is 1. The third-order valence-corrected chi connectivity index (χ3v) is 5.16. The first-order chi connectivity index (χ1) is 11.7. The van der Waals surface area contributed by atoms with E-state index >= 15 is 0 Å². The first kappa shape index (κ1) is 19.1.